The van der Waals surface area contributed by atoms with Gasteiger partial charge >= 0.3 is 17.9 Å². The van der Waals surface area contributed by atoms with Gasteiger partial charge < -0.3 is 14.2 Å². The molecule has 336 valence electrons. The van der Waals surface area contributed by atoms with Crippen molar-refractivity contribution < 1.29 is 28.6 Å². The summed E-state index contributed by atoms with van der Waals surface area (Å²) in [5, 5.41) is 0. The summed E-state index contributed by atoms with van der Waals surface area (Å²) in [6.45, 7) is 6.28. The van der Waals surface area contributed by atoms with Gasteiger partial charge in [-0.05, 0) is 77.0 Å². The lowest BCUT2D eigenvalue weighted by atomic mass is 10.1. The van der Waals surface area contributed by atoms with Crippen LogP contribution in [0.3, 0.4) is 0 Å². The van der Waals surface area contributed by atoms with Crippen molar-refractivity contribution in [2.24, 2.45) is 0 Å². The maximum Gasteiger partial charge on any atom is 0.306 e. The SMILES string of the molecule is CC\C=C/C=C\C=C/C=C\CCCCCCCC(=O)OC(COC(=O)CCC/C=C\CCCCCC)COC(=O)CCCCCCC\C=C/C=C\C=C/C=C\C=C/CCC. The summed E-state index contributed by atoms with van der Waals surface area (Å²) in [7, 11) is 0. The van der Waals surface area contributed by atoms with E-state index in [9.17, 15) is 14.4 Å². The first-order valence-electron chi connectivity index (χ1n) is 23.7. The van der Waals surface area contributed by atoms with Crippen LogP contribution in [0.4, 0.5) is 0 Å². The third-order valence-corrected chi connectivity index (χ3v) is 9.37. The van der Waals surface area contributed by atoms with Crippen LogP contribution in [0, 0.1) is 0 Å². The number of hydrogen-bond acceptors (Lipinski definition) is 6. The zero-order valence-corrected chi connectivity index (χ0v) is 38.2. The fraction of sp³-hybridized carbons (Fsp3) is 0.574. The lowest BCUT2D eigenvalue weighted by molar-refractivity contribution is -0.167. The molecule has 0 saturated carbocycles. The van der Waals surface area contributed by atoms with E-state index in [0.29, 0.717) is 19.3 Å². The molecular weight excluding hydrogens is 745 g/mol. The van der Waals surface area contributed by atoms with Gasteiger partial charge in [-0.1, -0.05) is 206 Å². The lowest BCUT2D eigenvalue weighted by Crippen LogP contribution is -2.30. The predicted octanol–water partition coefficient (Wildman–Crippen LogP) is 15.4. The second-order valence-corrected chi connectivity index (χ2v) is 15.1. The van der Waals surface area contributed by atoms with Crippen LogP contribution < -0.4 is 0 Å². The van der Waals surface area contributed by atoms with E-state index in [1.165, 1.54) is 32.1 Å². The normalized spacial score (nSPS) is 13.2. The quantitative estimate of drug-likeness (QED) is 0.0201. The molecule has 0 fully saturated rings. The Morgan fingerprint density at radius 2 is 0.717 bits per heavy atom. The van der Waals surface area contributed by atoms with Gasteiger partial charge in [0.15, 0.2) is 6.10 Å². The molecule has 0 aromatic heterocycles. The first-order chi connectivity index (χ1) is 29.5. The number of esters is 3. The minimum absolute atomic E-state index is 0.114. The van der Waals surface area contributed by atoms with Gasteiger partial charge in [0.1, 0.15) is 13.2 Å². The molecule has 0 radical (unpaired) electrons. The summed E-state index contributed by atoms with van der Waals surface area (Å²) in [6.07, 6.45) is 64.7. The van der Waals surface area contributed by atoms with Crippen molar-refractivity contribution in [2.45, 2.75) is 187 Å². The molecule has 0 spiro atoms. The van der Waals surface area contributed by atoms with Crippen LogP contribution in [0.2, 0.25) is 0 Å². The van der Waals surface area contributed by atoms with Crippen LogP contribution in [0.25, 0.3) is 0 Å². The molecule has 0 saturated heterocycles. The van der Waals surface area contributed by atoms with E-state index in [-0.39, 0.29) is 37.5 Å². The molecule has 6 nitrogen and oxygen atoms in total. The topological polar surface area (TPSA) is 78.9 Å². The van der Waals surface area contributed by atoms with E-state index in [0.717, 1.165) is 103 Å². The highest BCUT2D eigenvalue weighted by Gasteiger charge is 2.19. The molecule has 0 heterocycles. The molecule has 0 bridgehead atoms. The third kappa shape index (κ3) is 44.9. The summed E-state index contributed by atoms with van der Waals surface area (Å²) >= 11 is 0. The zero-order chi connectivity index (χ0) is 43.7. The number of ether oxygens (including phenoxy) is 3. The highest BCUT2D eigenvalue weighted by molar-refractivity contribution is 5.71. The summed E-state index contributed by atoms with van der Waals surface area (Å²) in [5.41, 5.74) is 0. The molecule has 1 unspecified atom stereocenters. The molecule has 0 aromatic rings. The summed E-state index contributed by atoms with van der Waals surface area (Å²) in [5.74, 6) is -1.01. The molecule has 60 heavy (non-hydrogen) atoms. The van der Waals surface area contributed by atoms with Gasteiger partial charge in [-0.2, -0.15) is 0 Å². The Labute approximate surface area is 367 Å². The van der Waals surface area contributed by atoms with E-state index in [2.05, 4.69) is 81.5 Å². The number of carbonyl (C=O) groups excluding carboxylic acids is 3. The Bertz CT molecular complexity index is 1320. The monoisotopic (exact) mass is 829 g/mol. The molecule has 0 rings (SSSR count). The third-order valence-electron chi connectivity index (χ3n) is 9.37. The first-order valence-corrected chi connectivity index (χ1v) is 23.7. The van der Waals surface area contributed by atoms with Crippen LogP contribution in [0.1, 0.15) is 181 Å². The van der Waals surface area contributed by atoms with Gasteiger partial charge in [0.2, 0.25) is 0 Å². The molecule has 0 aliphatic carbocycles. The average Bonchev–Trinajstić information content (AvgIpc) is 3.24. The Hall–Kier alpha value is -4.19. The Morgan fingerprint density at radius 3 is 1.20 bits per heavy atom. The number of unbranched alkanes of at least 4 members (excludes halogenated alkanes) is 16. The number of rotatable bonds is 40. The fourth-order valence-corrected chi connectivity index (χ4v) is 5.84. The Balaban J connectivity index is 4.50. The van der Waals surface area contributed by atoms with E-state index < -0.39 is 6.10 Å². The molecule has 0 aliphatic heterocycles. The first kappa shape index (κ1) is 55.8. The highest BCUT2D eigenvalue weighted by Crippen LogP contribution is 2.12. The van der Waals surface area contributed by atoms with Crippen molar-refractivity contribution in [1.29, 1.82) is 0 Å². The summed E-state index contributed by atoms with van der Waals surface area (Å²) < 4.78 is 16.6. The van der Waals surface area contributed by atoms with E-state index in [1.807, 2.05) is 60.8 Å². The average molecular weight is 829 g/mol. The van der Waals surface area contributed by atoms with Crippen molar-refractivity contribution in [3.8, 4) is 0 Å². The number of allylic oxidation sites excluding steroid dienone is 20. The van der Waals surface area contributed by atoms with Crippen LogP contribution in [-0.2, 0) is 28.6 Å². The van der Waals surface area contributed by atoms with Crippen LogP contribution in [-0.4, -0.2) is 37.2 Å². The Kier molecular flexibility index (Phi) is 44.2. The smallest absolute Gasteiger partial charge is 0.306 e. The van der Waals surface area contributed by atoms with Gasteiger partial charge in [-0.15, -0.1) is 0 Å². The second kappa shape index (κ2) is 47.5. The minimum atomic E-state index is -0.814. The fourth-order valence-electron chi connectivity index (χ4n) is 5.84. The Morgan fingerprint density at radius 1 is 0.350 bits per heavy atom. The van der Waals surface area contributed by atoms with Gasteiger partial charge in [-0.3, -0.25) is 14.4 Å². The van der Waals surface area contributed by atoms with Gasteiger partial charge in [-0.25, -0.2) is 0 Å². The van der Waals surface area contributed by atoms with Crippen molar-refractivity contribution in [3.05, 3.63) is 122 Å². The molecule has 0 N–H and O–H groups in total. The molecule has 6 heteroatoms. The van der Waals surface area contributed by atoms with Crippen molar-refractivity contribution in [1.82, 2.24) is 0 Å². The van der Waals surface area contributed by atoms with Gasteiger partial charge in [0.05, 0.1) is 0 Å². The molecule has 0 aromatic carbocycles. The maximum absolute atomic E-state index is 12.7. The van der Waals surface area contributed by atoms with E-state index >= 15 is 0 Å². The van der Waals surface area contributed by atoms with Gasteiger partial charge in [0.25, 0.3) is 0 Å². The number of hydrogen-bond donors (Lipinski definition) is 0. The summed E-state index contributed by atoms with van der Waals surface area (Å²) in [6, 6.07) is 0. The van der Waals surface area contributed by atoms with Crippen LogP contribution >= 0.6 is 0 Å². The zero-order valence-electron chi connectivity index (χ0n) is 38.2. The van der Waals surface area contributed by atoms with E-state index in [4.69, 9.17) is 14.2 Å². The molecule has 0 aliphatic rings. The van der Waals surface area contributed by atoms with Crippen molar-refractivity contribution in [3.63, 3.8) is 0 Å². The standard InChI is InChI=1S/C54H84O6/c1-4-7-10-13-16-19-21-23-25-26-27-29-30-32-35-38-41-44-47-53(56)59-50-51(49-58-52(55)46-43-40-37-34-18-15-12-9-6-3)60-54(57)48-45-42-39-36-33-31-28-24-22-20-17-14-11-8-5-2/h8,10-11,13-14,16-17,19-29,34,37,51H,4-7,9,12,15,18,30-33,35-36,38-50H2,1-3H3/b11-8-,13-10-,17-14-,19-16-,22-20-,23-21-,26-25-,28-24-,29-27-,37-34-. The predicted molar refractivity (Wildman–Crippen MR) is 256 cm³/mol. The molecule has 0 amide bonds. The highest BCUT2D eigenvalue weighted by atomic mass is 16.6. The van der Waals surface area contributed by atoms with Crippen LogP contribution in [0.15, 0.2) is 122 Å². The second-order valence-electron chi connectivity index (χ2n) is 15.1. The maximum atomic E-state index is 12.7. The summed E-state index contributed by atoms with van der Waals surface area (Å²) in [4.78, 5) is 37.8. The number of carbonyl (C=O) groups is 3. The van der Waals surface area contributed by atoms with E-state index in [1.54, 1.807) is 0 Å². The van der Waals surface area contributed by atoms with Gasteiger partial charge in [0, 0.05) is 19.3 Å². The van der Waals surface area contributed by atoms with Crippen LogP contribution in [0.5, 0.6) is 0 Å². The molecular formula is C54H84O6. The minimum Gasteiger partial charge on any atom is -0.462 e. The lowest BCUT2D eigenvalue weighted by Gasteiger charge is -2.18. The molecule has 1 atom stereocenters. The van der Waals surface area contributed by atoms with Crippen molar-refractivity contribution in [2.75, 3.05) is 13.2 Å². The van der Waals surface area contributed by atoms with Crippen molar-refractivity contribution >= 4 is 17.9 Å². The largest absolute Gasteiger partial charge is 0.462 e.